The van der Waals surface area contributed by atoms with Gasteiger partial charge in [0.2, 0.25) is 0 Å². The van der Waals surface area contributed by atoms with E-state index in [1.807, 2.05) is 0 Å². The van der Waals surface area contributed by atoms with Gasteiger partial charge >= 0.3 is 0 Å². The first-order valence-corrected chi connectivity index (χ1v) is 4.08. The van der Waals surface area contributed by atoms with Crippen LogP contribution in [-0.4, -0.2) is 12.2 Å². The van der Waals surface area contributed by atoms with E-state index in [1.165, 1.54) is 0 Å². The van der Waals surface area contributed by atoms with Gasteiger partial charge in [0, 0.05) is 17.0 Å². The fourth-order valence-electron chi connectivity index (χ4n) is 0.895. The van der Waals surface area contributed by atoms with Gasteiger partial charge < -0.3 is 5.73 Å². The first-order chi connectivity index (χ1) is 6.65. The third-order valence-electron chi connectivity index (χ3n) is 1.49. The molecule has 3 nitrogen and oxygen atoms in total. The van der Waals surface area contributed by atoms with Crippen molar-refractivity contribution in [2.24, 2.45) is 5.73 Å². The van der Waals surface area contributed by atoms with Crippen LogP contribution < -0.4 is 5.73 Å². The van der Waals surface area contributed by atoms with Crippen LogP contribution in [0.5, 0.6) is 0 Å². The van der Waals surface area contributed by atoms with Crippen molar-refractivity contribution in [3.8, 4) is 11.8 Å². The van der Waals surface area contributed by atoms with Gasteiger partial charge in [-0.2, -0.15) is 0 Å². The average Bonchev–Trinajstić information content (AvgIpc) is 2.14. The molecule has 0 saturated carbocycles. The van der Waals surface area contributed by atoms with Crippen molar-refractivity contribution >= 4 is 23.8 Å². The molecule has 0 spiro atoms. The fraction of sp³-hybridized carbons (Fsp3) is 0. The van der Waals surface area contributed by atoms with Crippen molar-refractivity contribution in [2.45, 2.75) is 0 Å². The summed E-state index contributed by atoms with van der Waals surface area (Å²) in [4.78, 5) is 21.0. The van der Waals surface area contributed by atoms with E-state index in [0.717, 1.165) is 0 Å². The number of hydrogen-bond donors (Lipinski definition) is 1. The van der Waals surface area contributed by atoms with Crippen LogP contribution in [0, 0.1) is 11.8 Å². The second-order valence-corrected chi connectivity index (χ2v) is 2.84. The predicted octanol–water partition coefficient (Wildman–Crippen LogP) is 0.989. The molecule has 1 aromatic rings. The smallest absolute Gasteiger partial charge is 0.293 e. The molecule has 0 aliphatic rings. The summed E-state index contributed by atoms with van der Waals surface area (Å²) < 4.78 is 0. The number of nitrogens with two attached hydrogens (primary N) is 1. The number of aldehydes is 1. The molecule has 0 aromatic heterocycles. The average molecular weight is 208 g/mol. The topological polar surface area (TPSA) is 60.2 Å². The number of hydrogen-bond acceptors (Lipinski definition) is 2. The van der Waals surface area contributed by atoms with Gasteiger partial charge in [-0.05, 0) is 12.1 Å². The maximum absolute atomic E-state index is 10.6. The van der Waals surface area contributed by atoms with Gasteiger partial charge in [-0.25, -0.2) is 0 Å². The summed E-state index contributed by atoms with van der Waals surface area (Å²) >= 11 is 5.73. The Morgan fingerprint density at radius 3 is 2.79 bits per heavy atom. The third kappa shape index (κ3) is 2.35. The maximum atomic E-state index is 10.6. The standard InChI is InChI=1S/C10H6ClNO2/c11-9-3-1-2-7(8(9)6-13)4-5-10(12)14/h1-3,6H,(H2,12,14). The van der Waals surface area contributed by atoms with Crippen molar-refractivity contribution in [3.05, 3.63) is 34.3 Å². The monoisotopic (exact) mass is 207 g/mol. The molecule has 1 amide bonds. The Balaban J connectivity index is 3.23. The largest absolute Gasteiger partial charge is 0.359 e. The van der Waals surface area contributed by atoms with Gasteiger partial charge in [-0.3, -0.25) is 9.59 Å². The van der Waals surface area contributed by atoms with E-state index in [2.05, 4.69) is 11.8 Å². The van der Waals surface area contributed by atoms with E-state index in [-0.39, 0.29) is 5.56 Å². The molecule has 0 heterocycles. The summed E-state index contributed by atoms with van der Waals surface area (Å²) in [6.07, 6.45) is 0.591. The Hall–Kier alpha value is -1.79. The number of rotatable bonds is 1. The van der Waals surface area contributed by atoms with Gasteiger partial charge in [0.1, 0.15) is 0 Å². The number of primary amides is 1. The Labute approximate surface area is 85.9 Å². The zero-order chi connectivity index (χ0) is 10.6. The van der Waals surface area contributed by atoms with E-state index < -0.39 is 5.91 Å². The maximum Gasteiger partial charge on any atom is 0.293 e. The quantitative estimate of drug-likeness (QED) is 0.552. The molecule has 0 fully saturated rings. The van der Waals surface area contributed by atoms with Gasteiger partial charge in [0.05, 0.1) is 5.02 Å². The summed E-state index contributed by atoms with van der Waals surface area (Å²) in [5.41, 5.74) is 5.50. The lowest BCUT2D eigenvalue weighted by atomic mass is 10.1. The van der Waals surface area contributed by atoms with Crippen molar-refractivity contribution in [3.63, 3.8) is 0 Å². The molecule has 0 aliphatic heterocycles. The zero-order valence-electron chi connectivity index (χ0n) is 7.08. The minimum absolute atomic E-state index is 0.267. The van der Waals surface area contributed by atoms with E-state index in [9.17, 15) is 9.59 Å². The van der Waals surface area contributed by atoms with Crippen LogP contribution in [0.15, 0.2) is 18.2 Å². The Morgan fingerprint density at radius 2 is 2.21 bits per heavy atom. The van der Waals surface area contributed by atoms with Crippen molar-refractivity contribution in [1.82, 2.24) is 0 Å². The second-order valence-electron chi connectivity index (χ2n) is 2.43. The first kappa shape index (κ1) is 10.3. The number of carbonyl (C=O) groups is 2. The molecule has 0 aliphatic carbocycles. The minimum Gasteiger partial charge on any atom is -0.359 e. The van der Waals surface area contributed by atoms with Gasteiger partial charge in [0.15, 0.2) is 6.29 Å². The molecular weight excluding hydrogens is 202 g/mol. The fourth-order valence-corrected chi connectivity index (χ4v) is 1.11. The van der Waals surface area contributed by atoms with Crippen LogP contribution in [0.3, 0.4) is 0 Å². The number of halogens is 1. The molecule has 0 radical (unpaired) electrons. The number of carbonyl (C=O) groups excluding carboxylic acids is 2. The molecule has 0 atom stereocenters. The van der Waals surface area contributed by atoms with Crippen LogP contribution in [-0.2, 0) is 4.79 Å². The summed E-state index contributed by atoms with van der Waals surface area (Å²) in [7, 11) is 0. The van der Waals surface area contributed by atoms with Crippen LogP contribution in [0.25, 0.3) is 0 Å². The lowest BCUT2D eigenvalue weighted by Crippen LogP contribution is -2.06. The van der Waals surface area contributed by atoms with Gasteiger partial charge in [-0.1, -0.05) is 23.6 Å². The van der Waals surface area contributed by atoms with Crippen LogP contribution in [0.4, 0.5) is 0 Å². The molecule has 0 unspecified atom stereocenters. The molecular formula is C10H6ClNO2. The van der Waals surface area contributed by atoms with Crippen molar-refractivity contribution < 1.29 is 9.59 Å². The molecule has 1 rings (SSSR count). The highest BCUT2D eigenvalue weighted by Gasteiger charge is 2.02. The van der Waals surface area contributed by atoms with E-state index in [0.29, 0.717) is 16.9 Å². The molecule has 1 aromatic carbocycles. The Kier molecular flexibility index (Phi) is 3.27. The predicted molar refractivity (Wildman–Crippen MR) is 52.9 cm³/mol. The molecule has 14 heavy (non-hydrogen) atoms. The van der Waals surface area contributed by atoms with E-state index in [4.69, 9.17) is 17.3 Å². The normalized spacial score (nSPS) is 8.64. The minimum atomic E-state index is -0.748. The number of amides is 1. The molecule has 4 heteroatoms. The van der Waals surface area contributed by atoms with Crippen molar-refractivity contribution in [1.29, 1.82) is 0 Å². The SMILES string of the molecule is NC(=O)C#Cc1cccc(Cl)c1C=O. The van der Waals surface area contributed by atoms with E-state index >= 15 is 0 Å². The Bertz CT molecular complexity index is 443. The third-order valence-corrected chi connectivity index (χ3v) is 1.82. The Morgan fingerprint density at radius 1 is 1.50 bits per heavy atom. The lowest BCUT2D eigenvalue weighted by Gasteiger charge is -1.97. The second kappa shape index (κ2) is 4.45. The van der Waals surface area contributed by atoms with Gasteiger partial charge in [-0.15, -0.1) is 0 Å². The highest BCUT2D eigenvalue weighted by atomic mass is 35.5. The summed E-state index contributed by atoms with van der Waals surface area (Å²) in [5, 5.41) is 0.302. The first-order valence-electron chi connectivity index (χ1n) is 3.70. The molecule has 70 valence electrons. The van der Waals surface area contributed by atoms with E-state index in [1.54, 1.807) is 18.2 Å². The lowest BCUT2D eigenvalue weighted by molar-refractivity contribution is -0.112. The molecule has 0 saturated heterocycles. The summed E-state index contributed by atoms with van der Waals surface area (Å²) in [5.74, 6) is 3.85. The highest BCUT2D eigenvalue weighted by molar-refractivity contribution is 6.33. The summed E-state index contributed by atoms with van der Waals surface area (Å²) in [6.45, 7) is 0. The van der Waals surface area contributed by atoms with Crippen molar-refractivity contribution in [2.75, 3.05) is 0 Å². The zero-order valence-corrected chi connectivity index (χ0v) is 7.84. The van der Waals surface area contributed by atoms with Gasteiger partial charge in [0.25, 0.3) is 5.91 Å². The van der Waals surface area contributed by atoms with Crippen LogP contribution >= 0.6 is 11.6 Å². The van der Waals surface area contributed by atoms with Crippen LogP contribution in [0.1, 0.15) is 15.9 Å². The summed E-state index contributed by atoms with van der Waals surface area (Å²) in [6, 6.07) is 4.80. The number of benzene rings is 1. The van der Waals surface area contributed by atoms with Crippen LogP contribution in [0.2, 0.25) is 5.02 Å². The molecule has 0 bridgehead atoms. The molecule has 2 N–H and O–H groups in total. The highest BCUT2D eigenvalue weighted by Crippen LogP contribution is 2.16.